The predicted molar refractivity (Wildman–Crippen MR) is 116 cm³/mol. The first-order valence-electron chi connectivity index (χ1n) is 9.79. The van der Waals surface area contributed by atoms with Crippen LogP contribution >= 0.6 is 11.6 Å². The Bertz CT molecular complexity index is 1130. The van der Waals surface area contributed by atoms with Crippen LogP contribution in [0.15, 0.2) is 47.4 Å². The average Bonchev–Trinajstić information content (AvgIpc) is 2.74. The monoisotopic (exact) mass is 410 g/mol. The van der Waals surface area contributed by atoms with E-state index in [1.54, 1.807) is 23.2 Å². The zero-order valence-electron chi connectivity index (χ0n) is 16.6. The maximum Gasteiger partial charge on any atom is 0.259 e. The highest BCUT2D eigenvalue weighted by Crippen LogP contribution is 2.26. The van der Waals surface area contributed by atoms with Gasteiger partial charge in [0.2, 0.25) is 5.43 Å². The van der Waals surface area contributed by atoms with Crippen molar-refractivity contribution in [1.29, 1.82) is 0 Å². The largest absolute Gasteiger partial charge is 0.367 e. The molecule has 2 aromatic heterocycles. The second kappa shape index (κ2) is 7.87. The molecule has 0 saturated carbocycles. The number of halogens is 1. The normalized spacial score (nSPS) is 14.4. The van der Waals surface area contributed by atoms with Crippen molar-refractivity contribution in [2.45, 2.75) is 20.4 Å². The van der Waals surface area contributed by atoms with Gasteiger partial charge in [0.1, 0.15) is 11.2 Å². The summed E-state index contributed by atoms with van der Waals surface area (Å²) >= 11 is 6.30. The summed E-state index contributed by atoms with van der Waals surface area (Å²) in [7, 11) is 0. The molecule has 1 aromatic carbocycles. The predicted octanol–water partition coefficient (Wildman–Crippen LogP) is 3.34. The van der Waals surface area contributed by atoms with Crippen LogP contribution in [-0.4, -0.2) is 46.5 Å². The highest BCUT2D eigenvalue weighted by Gasteiger charge is 2.26. The number of nitrogens with zero attached hydrogens (tertiary/aromatic N) is 4. The molecule has 0 spiro atoms. The zero-order valence-corrected chi connectivity index (χ0v) is 17.3. The molecule has 29 heavy (non-hydrogen) atoms. The van der Waals surface area contributed by atoms with Gasteiger partial charge >= 0.3 is 0 Å². The molecule has 6 nitrogen and oxygen atoms in total. The number of fused-ring (bicyclic) bond motifs is 1. The fourth-order valence-electron chi connectivity index (χ4n) is 3.78. The molecule has 0 N–H and O–H groups in total. The van der Waals surface area contributed by atoms with Crippen molar-refractivity contribution >= 4 is 34.2 Å². The minimum Gasteiger partial charge on any atom is -0.367 e. The van der Waals surface area contributed by atoms with E-state index in [9.17, 15) is 9.59 Å². The van der Waals surface area contributed by atoms with Gasteiger partial charge in [-0.1, -0.05) is 23.7 Å². The standard InChI is InChI=1S/C22H23ClN4O2/c1-3-25-14-17(20(28)16-9-8-15(2)24-21(16)25)22(29)27-12-10-26(11-13-27)19-7-5-4-6-18(19)23/h4-9,14H,3,10-13H2,1-2H3. The SMILES string of the molecule is CCn1cc(C(=O)N2CCN(c3ccccc3Cl)CC2)c(=O)c2ccc(C)nc21. The minimum absolute atomic E-state index is 0.205. The molecule has 0 aliphatic carbocycles. The molecule has 7 heteroatoms. The lowest BCUT2D eigenvalue weighted by Crippen LogP contribution is -2.49. The van der Waals surface area contributed by atoms with Crippen molar-refractivity contribution in [3.05, 3.63) is 69.1 Å². The number of carbonyl (C=O) groups excluding carboxylic acids is 1. The Kier molecular flexibility index (Phi) is 5.28. The van der Waals surface area contributed by atoms with Crippen LogP contribution in [0, 0.1) is 6.92 Å². The molecule has 3 aromatic rings. The molecule has 1 aliphatic rings. The third-order valence-electron chi connectivity index (χ3n) is 5.39. The lowest BCUT2D eigenvalue weighted by atomic mass is 10.1. The summed E-state index contributed by atoms with van der Waals surface area (Å²) in [4.78, 5) is 34.6. The zero-order chi connectivity index (χ0) is 20.5. The third-order valence-corrected chi connectivity index (χ3v) is 5.71. The van der Waals surface area contributed by atoms with Gasteiger partial charge in [0.05, 0.1) is 16.1 Å². The van der Waals surface area contributed by atoms with Crippen LogP contribution in [0.25, 0.3) is 11.0 Å². The van der Waals surface area contributed by atoms with E-state index >= 15 is 0 Å². The van der Waals surface area contributed by atoms with E-state index < -0.39 is 0 Å². The summed E-state index contributed by atoms with van der Waals surface area (Å²) < 4.78 is 1.87. The Morgan fingerprint density at radius 3 is 2.52 bits per heavy atom. The Hall–Kier alpha value is -2.86. The van der Waals surface area contributed by atoms with Crippen molar-refractivity contribution in [3.63, 3.8) is 0 Å². The number of rotatable bonds is 3. The first-order chi connectivity index (χ1) is 14.0. The summed E-state index contributed by atoms with van der Waals surface area (Å²) in [6, 6.07) is 11.3. The molecule has 150 valence electrons. The van der Waals surface area contributed by atoms with Crippen LogP contribution in [0.1, 0.15) is 23.0 Å². The van der Waals surface area contributed by atoms with Crippen molar-refractivity contribution in [3.8, 4) is 0 Å². The fraction of sp³-hybridized carbons (Fsp3) is 0.318. The molecule has 1 aliphatic heterocycles. The molecule has 0 bridgehead atoms. The second-order valence-corrected chi connectivity index (χ2v) is 7.62. The van der Waals surface area contributed by atoms with Gasteiger partial charge in [0, 0.05) is 44.6 Å². The van der Waals surface area contributed by atoms with Crippen LogP contribution in [0.4, 0.5) is 5.69 Å². The van der Waals surface area contributed by atoms with Gasteiger partial charge in [0.25, 0.3) is 5.91 Å². The van der Waals surface area contributed by atoms with Crippen LogP contribution in [-0.2, 0) is 6.54 Å². The maximum absolute atomic E-state index is 13.2. The smallest absolute Gasteiger partial charge is 0.259 e. The Labute approximate surface area is 174 Å². The van der Waals surface area contributed by atoms with Crippen molar-refractivity contribution in [2.24, 2.45) is 0 Å². The number of pyridine rings is 2. The van der Waals surface area contributed by atoms with Gasteiger partial charge in [0.15, 0.2) is 0 Å². The van der Waals surface area contributed by atoms with Crippen molar-refractivity contribution in [1.82, 2.24) is 14.5 Å². The number of aromatic nitrogens is 2. The average molecular weight is 411 g/mol. The highest BCUT2D eigenvalue weighted by molar-refractivity contribution is 6.33. The number of piperazine rings is 1. The van der Waals surface area contributed by atoms with Gasteiger partial charge in [-0.3, -0.25) is 9.59 Å². The summed E-state index contributed by atoms with van der Waals surface area (Å²) in [6.45, 7) is 6.93. The number of amides is 1. The Morgan fingerprint density at radius 1 is 1.10 bits per heavy atom. The van der Waals surface area contributed by atoms with Crippen molar-refractivity contribution in [2.75, 3.05) is 31.1 Å². The Balaban J connectivity index is 1.60. The highest BCUT2D eigenvalue weighted by atomic mass is 35.5. The first kappa shape index (κ1) is 19.5. The molecule has 4 rings (SSSR count). The molecule has 1 saturated heterocycles. The van der Waals surface area contributed by atoms with Gasteiger partial charge in [-0.2, -0.15) is 0 Å². The van der Waals surface area contributed by atoms with Gasteiger partial charge in [-0.25, -0.2) is 4.98 Å². The van der Waals surface area contributed by atoms with Crippen LogP contribution in [0.5, 0.6) is 0 Å². The maximum atomic E-state index is 13.2. The van der Waals surface area contributed by atoms with E-state index in [4.69, 9.17) is 11.6 Å². The molecule has 1 fully saturated rings. The number of benzene rings is 1. The van der Waals surface area contributed by atoms with E-state index in [1.165, 1.54) is 0 Å². The van der Waals surface area contributed by atoms with Gasteiger partial charge in [-0.05, 0) is 38.1 Å². The van der Waals surface area contributed by atoms with Gasteiger partial charge in [-0.15, -0.1) is 0 Å². The molecule has 1 amide bonds. The second-order valence-electron chi connectivity index (χ2n) is 7.21. The van der Waals surface area contributed by atoms with Gasteiger partial charge < -0.3 is 14.4 Å². The van der Waals surface area contributed by atoms with Crippen molar-refractivity contribution < 1.29 is 4.79 Å². The number of hydrogen-bond acceptors (Lipinski definition) is 4. The van der Waals surface area contributed by atoms with Crippen LogP contribution < -0.4 is 10.3 Å². The first-order valence-corrected chi connectivity index (χ1v) is 10.2. The third kappa shape index (κ3) is 3.60. The van der Waals surface area contributed by atoms with Crippen LogP contribution in [0.3, 0.4) is 0 Å². The van der Waals surface area contributed by atoms with E-state index in [2.05, 4.69) is 9.88 Å². The number of anilines is 1. The molecular formula is C22H23ClN4O2. The molecule has 0 atom stereocenters. The number of carbonyl (C=O) groups is 1. The number of para-hydroxylation sites is 1. The fourth-order valence-corrected chi connectivity index (χ4v) is 4.04. The Morgan fingerprint density at radius 2 is 1.83 bits per heavy atom. The quantitative estimate of drug-likeness (QED) is 0.664. The van der Waals surface area contributed by atoms with Crippen LogP contribution in [0.2, 0.25) is 5.02 Å². The summed E-state index contributed by atoms with van der Waals surface area (Å²) in [5.41, 5.74) is 2.39. The van der Waals surface area contributed by atoms with E-state index in [0.717, 1.165) is 11.4 Å². The molecule has 0 radical (unpaired) electrons. The summed E-state index contributed by atoms with van der Waals surface area (Å²) in [5, 5.41) is 1.19. The lowest BCUT2D eigenvalue weighted by molar-refractivity contribution is 0.0745. The molecule has 0 unspecified atom stereocenters. The number of aryl methyl sites for hydroxylation is 2. The molecular weight excluding hydrogens is 388 g/mol. The van der Waals surface area contributed by atoms with E-state index in [1.807, 2.05) is 42.7 Å². The molecule has 3 heterocycles. The number of hydrogen-bond donors (Lipinski definition) is 0. The lowest BCUT2D eigenvalue weighted by Gasteiger charge is -2.36. The minimum atomic E-state index is -0.254. The van der Waals surface area contributed by atoms with E-state index in [0.29, 0.717) is 48.8 Å². The topological polar surface area (TPSA) is 58.4 Å². The van der Waals surface area contributed by atoms with E-state index in [-0.39, 0.29) is 16.9 Å². The summed E-state index contributed by atoms with van der Waals surface area (Å²) in [6.07, 6.45) is 1.65. The summed E-state index contributed by atoms with van der Waals surface area (Å²) in [5.74, 6) is -0.224.